The summed E-state index contributed by atoms with van der Waals surface area (Å²) in [7, 11) is 0. The summed E-state index contributed by atoms with van der Waals surface area (Å²) in [4.78, 5) is 33.9. The maximum atomic E-state index is 11.7. The minimum Gasteiger partial charge on any atom is -0.462 e. The molecule has 0 aromatic heterocycles. The summed E-state index contributed by atoms with van der Waals surface area (Å²) in [6.07, 6.45) is 0. The molecule has 1 aromatic carbocycles. The van der Waals surface area contributed by atoms with Gasteiger partial charge in [0.2, 0.25) is 0 Å². The van der Waals surface area contributed by atoms with Gasteiger partial charge in [0.15, 0.2) is 0 Å². The summed E-state index contributed by atoms with van der Waals surface area (Å²) in [6.45, 7) is 10.7. The van der Waals surface area contributed by atoms with Gasteiger partial charge in [0.05, 0.1) is 34.8 Å². The van der Waals surface area contributed by atoms with Crippen LogP contribution < -0.4 is 0 Å². The summed E-state index contributed by atoms with van der Waals surface area (Å²) in [6, 6.07) is 3.92. The van der Waals surface area contributed by atoms with E-state index in [1.165, 1.54) is 12.1 Å². The Morgan fingerprint density at radius 2 is 1.61 bits per heavy atom. The first kappa shape index (κ1) is 18.1. The van der Waals surface area contributed by atoms with Gasteiger partial charge < -0.3 is 9.47 Å². The fraction of sp³-hybridized carbons (Fsp3) is 0.250. The Bertz CT molecular complexity index is 677. The number of benzene rings is 1. The van der Waals surface area contributed by atoms with Gasteiger partial charge in [0, 0.05) is 6.07 Å². The van der Waals surface area contributed by atoms with Gasteiger partial charge in [-0.05, 0) is 25.5 Å². The van der Waals surface area contributed by atoms with Gasteiger partial charge in [-0.25, -0.2) is 9.59 Å². The van der Waals surface area contributed by atoms with Crippen molar-refractivity contribution >= 4 is 28.8 Å². The molecular formula is C16H17NO6. The molecule has 0 saturated carbocycles. The van der Waals surface area contributed by atoms with E-state index in [9.17, 15) is 19.7 Å². The zero-order chi connectivity index (χ0) is 17.6. The van der Waals surface area contributed by atoms with Crippen LogP contribution in [0.2, 0.25) is 0 Å². The van der Waals surface area contributed by atoms with Crippen molar-refractivity contribution in [2.75, 3.05) is 13.2 Å². The highest BCUT2D eigenvalue weighted by molar-refractivity contribution is 6.18. The van der Waals surface area contributed by atoms with Gasteiger partial charge in [0.1, 0.15) is 0 Å². The van der Waals surface area contributed by atoms with Gasteiger partial charge in [-0.2, -0.15) is 0 Å². The Kier molecular flexibility index (Phi) is 6.20. The number of esters is 2. The summed E-state index contributed by atoms with van der Waals surface area (Å²) >= 11 is 0. The quantitative estimate of drug-likeness (QED) is 0.332. The molecule has 0 aliphatic rings. The highest BCUT2D eigenvalue weighted by Crippen LogP contribution is 2.29. The molecule has 0 unspecified atom stereocenters. The Morgan fingerprint density at radius 1 is 1.09 bits per heavy atom. The number of nitro groups is 1. The van der Waals surface area contributed by atoms with Gasteiger partial charge >= 0.3 is 11.9 Å². The zero-order valence-corrected chi connectivity index (χ0v) is 13.0. The second kappa shape index (κ2) is 7.88. The summed E-state index contributed by atoms with van der Waals surface area (Å²) in [5.41, 5.74) is -0.259. The number of nitrogens with zero attached hydrogens (tertiary/aromatic N) is 1. The molecule has 1 rings (SSSR count). The van der Waals surface area contributed by atoms with Gasteiger partial charge in [-0.1, -0.05) is 19.2 Å². The van der Waals surface area contributed by atoms with Crippen LogP contribution in [0.5, 0.6) is 0 Å². The average molecular weight is 319 g/mol. The van der Waals surface area contributed by atoms with E-state index in [4.69, 9.17) is 9.47 Å². The summed E-state index contributed by atoms with van der Waals surface area (Å²) in [5.74, 6) is -1.41. The van der Waals surface area contributed by atoms with Crippen molar-refractivity contribution in [3.63, 3.8) is 0 Å². The number of hydrogen-bond acceptors (Lipinski definition) is 6. The van der Waals surface area contributed by atoms with Crippen LogP contribution in [0, 0.1) is 10.1 Å². The van der Waals surface area contributed by atoms with Crippen molar-refractivity contribution < 1.29 is 24.0 Å². The number of hydrogen-bond donors (Lipinski definition) is 0. The molecule has 0 heterocycles. The molecule has 7 nitrogen and oxygen atoms in total. The predicted molar refractivity (Wildman–Crippen MR) is 84.4 cm³/mol. The molecule has 0 radical (unpaired) electrons. The van der Waals surface area contributed by atoms with Crippen LogP contribution in [-0.4, -0.2) is 30.1 Å². The van der Waals surface area contributed by atoms with Crippen LogP contribution in [-0.2, 0) is 19.1 Å². The summed E-state index contributed by atoms with van der Waals surface area (Å²) < 4.78 is 9.59. The third kappa shape index (κ3) is 4.26. The average Bonchev–Trinajstić information content (AvgIpc) is 2.53. The van der Waals surface area contributed by atoms with Crippen LogP contribution >= 0.6 is 0 Å². The van der Waals surface area contributed by atoms with Crippen molar-refractivity contribution in [1.29, 1.82) is 0 Å². The smallest absolute Gasteiger partial charge is 0.338 e. The lowest BCUT2D eigenvalue weighted by Crippen LogP contribution is -2.09. The molecule has 7 heteroatoms. The number of ether oxygens (including phenoxy) is 2. The number of carbonyl (C=O) groups is 2. The minimum absolute atomic E-state index is 0.0109. The Labute approximate surface area is 133 Å². The maximum absolute atomic E-state index is 11.7. The molecular weight excluding hydrogens is 302 g/mol. The Hall–Kier alpha value is -2.96. The van der Waals surface area contributed by atoms with E-state index in [1.54, 1.807) is 13.8 Å². The second-order valence-corrected chi connectivity index (χ2v) is 4.39. The van der Waals surface area contributed by atoms with Crippen molar-refractivity contribution in [3.8, 4) is 0 Å². The van der Waals surface area contributed by atoms with Crippen molar-refractivity contribution in [2.45, 2.75) is 13.8 Å². The Morgan fingerprint density at radius 3 is 2.09 bits per heavy atom. The third-order valence-electron chi connectivity index (χ3n) is 2.91. The lowest BCUT2D eigenvalue weighted by Gasteiger charge is -2.09. The zero-order valence-electron chi connectivity index (χ0n) is 13.0. The van der Waals surface area contributed by atoms with E-state index in [2.05, 4.69) is 13.2 Å². The van der Waals surface area contributed by atoms with Crippen LogP contribution in [0.1, 0.15) is 25.0 Å². The van der Waals surface area contributed by atoms with E-state index < -0.39 is 16.9 Å². The first-order chi connectivity index (χ1) is 10.8. The number of carbonyl (C=O) groups excluding carboxylic acids is 2. The Balaban J connectivity index is 3.25. The standard InChI is InChI=1S/C16H17NO6/c1-5-22-15(18)10(3)12-7-8-13(14(9-12)17(20)21)11(4)16(19)23-6-2/h7-9H,3-6H2,1-2H3. The molecule has 0 amide bonds. The molecule has 0 spiro atoms. The lowest BCUT2D eigenvalue weighted by atomic mass is 9.99. The van der Waals surface area contributed by atoms with Crippen molar-refractivity contribution in [3.05, 3.63) is 52.6 Å². The van der Waals surface area contributed by atoms with Crippen LogP contribution in [0.3, 0.4) is 0 Å². The van der Waals surface area contributed by atoms with E-state index >= 15 is 0 Å². The van der Waals surface area contributed by atoms with E-state index in [-0.39, 0.29) is 41.2 Å². The number of rotatable bonds is 7. The van der Waals surface area contributed by atoms with Crippen LogP contribution in [0.15, 0.2) is 31.4 Å². The SMILES string of the molecule is C=C(C(=O)OCC)c1ccc(C(=C)C(=O)OCC)c([N+](=O)[O-])c1. The molecule has 0 aliphatic carbocycles. The normalized spacial score (nSPS) is 9.83. The molecule has 0 aliphatic heterocycles. The van der Waals surface area contributed by atoms with Crippen LogP contribution in [0.25, 0.3) is 11.1 Å². The van der Waals surface area contributed by atoms with E-state index in [0.29, 0.717) is 0 Å². The van der Waals surface area contributed by atoms with Gasteiger partial charge in [-0.15, -0.1) is 0 Å². The fourth-order valence-electron chi connectivity index (χ4n) is 1.79. The minimum atomic E-state index is -0.743. The molecule has 0 saturated heterocycles. The molecule has 0 fully saturated rings. The first-order valence-corrected chi connectivity index (χ1v) is 6.84. The summed E-state index contributed by atoms with van der Waals surface area (Å²) in [5, 5.41) is 11.2. The van der Waals surface area contributed by atoms with Gasteiger partial charge in [-0.3, -0.25) is 10.1 Å². The fourth-order valence-corrected chi connectivity index (χ4v) is 1.79. The lowest BCUT2D eigenvalue weighted by molar-refractivity contribution is -0.385. The molecule has 0 atom stereocenters. The molecule has 1 aromatic rings. The first-order valence-electron chi connectivity index (χ1n) is 6.84. The largest absolute Gasteiger partial charge is 0.462 e. The second-order valence-electron chi connectivity index (χ2n) is 4.39. The van der Waals surface area contributed by atoms with E-state index in [0.717, 1.165) is 6.07 Å². The predicted octanol–water partition coefficient (Wildman–Crippen LogP) is 2.75. The molecule has 23 heavy (non-hydrogen) atoms. The molecule has 0 bridgehead atoms. The maximum Gasteiger partial charge on any atom is 0.338 e. The van der Waals surface area contributed by atoms with E-state index in [1.807, 2.05) is 0 Å². The third-order valence-corrected chi connectivity index (χ3v) is 2.91. The van der Waals surface area contributed by atoms with Gasteiger partial charge in [0.25, 0.3) is 5.69 Å². The monoisotopic (exact) mass is 319 g/mol. The highest BCUT2D eigenvalue weighted by atomic mass is 16.6. The van der Waals surface area contributed by atoms with Crippen molar-refractivity contribution in [1.82, 2.24) is 0 Å². The van der Waals surface area contributed by atoms with Crippen LogP contribution in [0.4, 0.5) is 5.69 Å². The topological polar surface area (TPSA) is 95.7 Å². The molecule has 0 N–H and O–H groups in total. The van der Waals surface area contributed by atoms with Crippen molar-refractivity contribution in [2.24, 2.45) is 0 Å². The number of nitro benzene ring substituents is 1. The highest BCUT2D eigenvalue weighted by Gasteiger charge is 2.23. The molecule has 122 valence electrons.